The van der Waals surface area contributed by atoms with E-state index >= 15 is 0 Å². The van der Waals surface area contributed by atoms with Gasteiger partial charge < -0.3 is 5.11 Å². The van der Waals surface area contributed by atoms with Crippen LogP contribution in [0.1, 0.15) is 55.8 Å². The second kappa shape index (κ2) is 8.17. The molecule has 1 N–H and O–H groups in total. The number of rotatable bonds is 5. The summed E-state index contributed by atoms with van der Waals surface area (Å²) in [7, 11) is 0. The van der Waals surface area contributed by atoms with Gasteiger partial charge in [0.15, 0.2) is 0 Å². The number of halogens is 2. The van der Waals surface area contributed by atoms with Crippen LogP contribution in [0.3, 0.4) is 0 Å². The fourth-order valence-corrected chi connectivity index (χ4v) is 5.84. The maximum absolute atomic E-state index is 13.4. The molecule has 2 aliphatic carbocycles. The molecule has 2 aromatic carbocycles. The quantitative estimate of drug-likeness (QED) is 0.478. The molecule has 0 spiro atoms. The highest BCUT2D eigenvalue weighted by Crippen LogP contribution is 2.54. The first-order valence-corrected chi connectivity index (χ1v) is 11.8. The van der Waals surface area contributed by atoms with E-state index in [0.29, 0.717) is 0 Å². The Morgan fingerprint density at radius 1 is 1.19 bits per heavy atom. The number of hydrogen-bond acceptors (Lipinski definition) is 2. The fraction of sp³-hybridized carbons (Fsp3) is 0.370. The number of hydrogen-bond donors (Lipinski definition) is 1. The van der Waals surface area contributed by atoms with Gasteiger partial charge in [-0.3, -0.25) is 0 Å². The zero-order valence-electron chi connectivity index (χ0n) is 18.3. The van der Waals surface area contributed by atoms with E-state index in [4.69, 9.17) is 11.6 Å². The van der Waals surface area contributed by atoms with E-state index in [1.165, 1.54) is 23.3 Å². The number of fused-ring (bicyclic) bond motifs is 2. The SMILES string of the molecule is C[C@]12Cc3cnn(-c4ccc(F)cc4)c3C=C1CCC[C@@]2(O)CCCc1cccc(Cl)c1. The van der Waals surface area contributed by atoms with E-state index in [0.717, 1.165) is 66.9 Å². The smallest absolute Gasteiger partial charge is 0.123 e. The molecule has 0 aliphatic heterocycles. The van der Waals surface area contributed by atoms with Gasteiger partial charge in [0.2, 0.25) is 0 Å². The van der Waals surface area contributed by atoms with Crippen LogP contribution in [0.5, 0.6) is 0 Å². The molecule has 1 saturated carbocycles. The van der Waals surface area contributed by atoms with Crippen molar-refractivity contribution in [3.63, 3.8) is 0 Å². The van der Waals surface area contributed by atoms with Gasteiger partial charge in [0, 0.05) is 10.4 Å². The van der Waals surface area contributed by atoms with Gasteiger partial charge in [-0.1, -0.05) is 36.2 Å². The number of benzene rings is 2. The Morgan fingerprint density at radius 3 is 2.78 bits per heavy atom. The second-order valence-electron chi connectivity index (χ2n) is 9.49. The summed E-state index contributed by atoms with van der Waals surface area (Å²) >= 11 is 6.13. The number of aliphatic hydroxyl groups is 1. The van der Waals surface area contributed by atoms with Crippen LogP contribution in [0.4, 0.5) is 4.39 Å². The van der Waals surface area contributed by atoms with Crippen molar-refractivity contribution >= 4 is 17.7 Å². The number of aromatic nitrogens is 2. The maximum Gasteiger partial charge on any atom is 0.123 e. The third-order valence-electron chi connectivity index (χ3n) is 7.53. The molecule has 0 unspecified atom stereocenters. The van der Waals surface area contributed by atoms with Crippen molar-refractivity contribution in [1.82, 2.24) is 9.78 Å². The molecule has 0 saturated heterocycles. The first-order valence-electron chi connectivity index (χ1n) is 11.4. The molecular weight excluding hydrogens is 423 g/mol. The van der Waals surface area contributed by atoms with Crippen molar-refractivity contribution in [2.45, 2.75) is 57.5 Å². The van der Waals surface area contributed by atoms with Crippen molar-refractivity contribution in [1.29, 1.82) is 0 Å². The van der Waals surface area contributed by atoms with Crippen LogP contribution < -0.4 is 0 Å². The summed E-state index contributed by atoms with van der Waals surface area (Å²) in [4.78, 5) is 0. The van der Waals surface area contributed by atoms with Crippen molar-refractivity contribution in [3.8, 4) is 5.69 Å². The average Bonchev–Trinajstić information content (AvgIpc) is 3.16. The summed E-state index contributed by atoms with van der Waals surface area (Å²) in [5, 5.41) is 17.3. The summed E-state index contributed by atoms with van der Waals surface area (Å²) in [6.07, 6.45) is 10.3. The van der Waals surface area contributed by atoms with Crippen LogP contribution in [-0.4, -0.2) is 20.5 Å². The molecule has 166 valence electrons. The highest BCUT2D eigenvalue weighted by Gasteiger charge is 2.52. The Bertz CT molecular complexity index is 1170. The van der Waals surface area contributed by atoms with E-state index in [-0.39, 0.29) is 11.2 Å². The van der Waals surface area contributed by atoms with Crippen LogP contribution in [0.15, 0.2) is 60.3 Å². The third-order valence-corrected chi connectivity index (χ3v) is 7.76. The summed E-state index contributed by atoms with van der Waals surface area (Å²) < 4.78 is 15.3. The molecule has 1 fully saturated rings. The largest absolute Gasteiger partial charge is 0.389 e. The van der Waals surface area contributed by atoms with Crippen LogP contribution in [0, 0.1) is 11.2 Å². The lowest BCUT2D eigenvalue weighted by molar-refractivity contribution is -0.0857. The molecule has 32 heavy (non-hydrogen) atoms. The van der Waals surface area contributed by atoms with Gasteiger partial charge in [-0.25, -0.2) is 9.07 Å². The predicted octanol–water partition coefficient (Wildman–Crippen LogP) is 6.55. The third kappa shape index (κ3) is 3.70. The Kier molecular flexibility index (Phi) is 5.47. The van der Waals surface area contributed by atoms with E-state index < -0.39 is 5.60 Å². The summed E-state index contributed by atoms with van der Waals surface area (Å²) in [6, 6.07) is 14.4. The van der Waals surface area contributed by atoms with E-state index in [9.17, 15) is 9.50 Å². The number of aryl methyl sites for hydroxylation is 1. The van der Waals surface area contributed by atoms with Gasteiger partial charge in [-0.05, 0) is 98.5 Å². The van der Waals surface area contributed by atoms with Gasteiger partial charge in [-0.15, -0.1) is 0 Å². The Hall–Kier alpha value is -2.43. The molecule has 2 aliphatic rings. The lowest BCUT2D eigenvalue weighted by Gasteiger charge is -2.52. The first kappa shape index (κ1) is 21.4. The lowest BCUT2D eigenvalue weighted by atomic mass is 9.56. The van der Waals surface area contributed by atoms with Gasteiger partial charge in [0.1, 0.15) is 5.82 Å². The standard InChI is InChI=1S/C27H28ClFN2O/c1-26-17-20-18-30-31(24-11-9-23(29)10-12-24)25(20)16-21(26)7-4-14-27(26,32)13-3-6-19-5-2-8-22(28)15-19/h2,5,8-12,15-16,18,32H,3-4,6-7,13-14,17H2,1H3/t26-,27-/m0/s1. The molecule has 0 bridgehead atoms. The minimum atomic E-state index is -0.745. The molecule has 5 rings (SSSR count). The Labute approximate surface area is 193 Å². The van der Waals surface area contributed by atoms with Gasteiger partial charge >= 0.3 is 0 Å². The molecule has 1 heterocycles. The monoisotopic (exact) mass is 450 g/mol. The van der Waals surface area contributed by atoms with Gasteiger partial charge in [0.05, 0.1) is 23.2 Å². The fourth-order valence-electron chi connectivity index (χ4n) is 5.63. The molecular formula is C27H28ClFN2O. The van der Waals surface area contributed by atoms with Gasteiger partial charge in [-0.2, -0.15) is 5.10 Å². The predicted molar refractivity (Wildman–Crippen MR) is 127 cm³/mol. The van der Waals surface area contributed by atoms with Gasteiger partial charge in [0.25, 0.3) is 0 Å². The summed E-state index contributed by atoms with van der Waals surface area (Å²) in [5.74, 6) is -0.254. The highest BCUT2D eigenvalue weighted by atomic mass is 35.5. The first-order chi connectivity index (χ1) is 15.4. The second-order valence-corrected chi connectivity index (χ2v) is 9.93. The van der Waals surface area contributed by atoms with E-state index in [1.807, 2.05) is 29.1 Å². The molecule has 1 aromatic heterocycles. The zero-order valence-corrected chi connectivity index (χ0v) is 19.1. The highest BCUT2D eigenvalue weighted by molar-refractivity contribution is 6.30. The maximum atomic E-state index is 13.4. The summed E-state index contributed by atoms with van der Waals surface area (Å²) in [6.45, 7) is 2.22. The van der Waals surface area contributed by atoms with E-state index in [2.05, 4.69) is 24.2 Å². The Morgan fingerprint density at radius 2 is 2.00 bits per heavy atom. The zero-order chi connectivity index (χ0) is 22.3. The topological polar surface area (TPSA) is 38.0 Å². The van der Waals surface area contributed by atoms with Crippen molar-refractivity contribution in [2.75, 3.05) is 0 Å². The number of nitrogens with zero attached hydrogens (tertiary/aromatic N) is 2. The molecule has 2 atom stereocenters. The summed E-state index contributed by atoms with van der Waals surface area (Å²) in [5.41, 5.74) is 4.49. The van der Waals surface area contributed by atoms with Crippen LogP contribution in [-0.2, 0) is 12.8 Å². The normalized spacial score (nSPS) is 24.6. The van der Waals surface area contributed by atoms with Crippen LogP contribution in [0.25, 0.3) is 11.8 Å². The minimum Gasteiger partial charge on any atom is -0.389 e. The van der Waals surface area contributed by atoms with E-state index in [1.54, 1.807) is 12.1 Å². The molecule has 0 radical (unpaired) electrons. The van der Waals surface area contributed by atoms with Crippen LogP contribution >= 0.6 is 11.6 Å². The molecule has 3 nitrogen and oxygen atoms in total. The molecule has 5 heteroatoms. The lowest BCUT2D eigenvalue weighted by Crippen LogP contribution is -2.52. The Balaban J connectivity index is 1.40. The van der Waals surface area contributed by atoms with Crippen molar-refractivity contribution in [3.05, 3.63) is 88.0 Å². The van der Waals surface area contributed by atoms with Crippen LogP contribution in [0.2, 0.25) is 5.02 Å². The molecule has 3 aromatic rings. The minimum absolute atomic E-state index is 0.254. The molecule has 0 amide bonds. The van der Waals surface area contributed by atoms with Crippen molar-refractivity contribution < 1.29 is 9.50 Å². The average molecular weight is 451 g/mol. The van der Waals surface area contributed by atoms with Crippen molar-refractivity contribution in [2.24, 2.45) is 5.41 Å².